The van der Waals surface area contributed by atoms with Gasteiger partial charge in [-0.15, -0.1) is 0 Å². The van der Waals surface area contributed by atoms with Gasteiger partial charge in [0.1, 0.15) is 6.42 Å². The van der Waals surface area contributed by atoms with Crippen LogP contribution in [0.1, 0.15) is 32.3 Å². The molecule has 2 amide bonds. The average Bonchev–Trinajstić information content (AvgIpc) is 2.39. The number of benzene rings is 1. The highest BCUT2D eigenvalue weighted by molar-refractivity contribution is 6.30. The van der Waals surface area contributed by atoms with Crippen molar-refractivity contribution in [3.8, 4) is 0 Å². The summed E-state index contributed by atoms with van der Waals surface area (Å²) in [6, 6.07) is 3.01. The largest absolute Gasteiger partial charge is 0.418 e. The van der Waals surface area contributed by atoms with Crippen molar-refractivity contribution in [3.05, 3.63) is 28.8 Å². The smallest absolute Gasteiger partial charge is 0.356 e. The highest BCUT2D eigenvalue weighted by Gasteiger charge is 2.34. The highest BCUT2D eigenvalue weighted by Crippen LogP contribution is 2.36. The van der Waals surface area contributed by atoms with Gasteiger partial charge in [-0.05, 0) is 30.5 Å². The predicted molar refractivity (Wildman–Crippen MR) is 82.2 cm³/mol. The molecule has 2 N–H and O–H groups in total. The van der Waals surface area contributed by atoms with Gasteiger partial charge in [0.15, 0.2) is 0 Å². The summed E-state index contributed by atoms with van der Waals surface area (Å²) in [6.45, 7) is 4.38. The molecule has 23 heavy (non-hydrogen) atoms. The number of amides is 2. The number of halogens is 4. The summed E-state index contributed by atoms with van der Waals surface area (Å²) in [5.74, 6) is -0.960. The van der Waals surface area contributed by atoms with E-state index >= 15 is 0 Å². The molecule has 0 bridgehead atoms. The molecule has 0 saturated heterocycles. The second-order valence-corrected chi connectivity index (χ2v) is 5.88. The number of hydrogen-bond donors (Lipinski definition) is 2. The molecule has 0 aliphatic carbocycles. The Morgan fingerprint density at radius 3 is 2.43 bits per heavy atom. The molecule has 0 unspecified atom stereocenters. The fourth-order valence-corrected chi connectivity index (χ4v) is 1.94. The van der Waals surface area contributed by atoms with Crippen LogP contribution < -0.4 is 10.6 Å². The van der Waals surface area contributed by atoms with Gasteiger partial charge in [-0.25, -0.2) is 0 Å². The number of hydrogen-bond acceptors (Lipinski definition) is 2. The van der Waals surface area contributed by atoms with E-state index < -0.39 is 35.7 Å². The Hall–Kier alpha value is -1.76. The van der Waals surface area contributed by atoms with Crippen LogP contribution in [0.15, 0.2) is 18.2 Å². The van der Waals surface area contributed by atoms with Gasteiger partial charge in [0.25, 0.3) is 0 Å². The molecule has 1 rings (SSSR count). The van der Waals surface area contributed by atoms with Crippen LogP contribution in [0, 0.1) is 5.92 Å². The summed E-state index contributed by atoms with van der Waals surface area (Å²) in [6.07, 6.45) is -4.45. The monoisotopic (exact) mass is 350 g/mol. The van der Waals surface area contributed by atoms with Crippen molar-refractivity contribution in [1.82, 2.24) is 5.32 Å². The van der Waals surface area contributed by atoms with E-state index in [1.807, 2.05) is 13.8 Å². The van der Waals surface area contributed by atoms with Crippen LogP contribution in [0.5, 0.6) is 0 Å². The normalized spacial score (nSPS) is 11.4. The quantitative estimate of drug-likeness (QED) is 0.766. The van der Waals surface area contributed by atoms with E-state index in [-0.39, 0.29) is 5.02 Å². The molecule has 0 aliphatic rings. The molecule has 0 atom stereocenters. The van der Waals surface area contributed by atoms with Crippen LogP contribution in [-0.4, -0.2) is 18.4 Å². The first-order chi connectivity index (χ1) is 10.6. The molecule has 0 aromatic heterocycles. The molecular formula is C15H18ClF3N2O2. The molecule has 128 valence electrons. The number of rotatable bonds is 6. The second kappa shape index (κ2) is 8.19. The zero-order chi connectivity index (χ0) is 17.6. The molecule has 0 saturated carbocycles. The third-order valence-electron chi connectivity index (χ3n) is 2.93. The third-order valence-corrected chi connectivity index (χ3v) is 3.16. The van der Waals surface area contributed by atoms with Gasteiger partial charge >= 0.3 is 6.18 Å². The lowest BCUT2D eigenvalue weighted by atomic mass is 10.1. The van der Waals surface area contributed by atoms with Crippen molar-refractivity contribution in [2.24, 2.45) is 5.92 Å². The molecule has 0 spiro atoms. The molecular weight excluding hydrogens is 333 g/mol. The first kappa shape index (κ1) is 19.3. The van der Waals surface area contributed by atoms with Gasteiger partial charge in [-0.3, -0.25) is 9.59 Å². The van der Waals surface area contributed by atoms with Crippen LogP contribution in [0.25, 0.3) is 0 Å². The van der Waals surface area contributed by atoms with Crippen molar-refractivity contribution in [2.45, 2.75) is 32.9 Å². The molecule has 0 radical (unpaired) electrons. The maximum absolute atomic E-state index is 12.9. The van der Waals surface area contributed by atoms with E-state index in [1.54, 1.807) is 0 Å². The summed E-state index contributed by atoms with van der Waals surface area (Å²) in [7, 11) is 0. The summed E-state index contributed by atoms with van der Waals surface area (Å²) >= 11 is 5.55. The van der Waals surface area contributed by atoms with Gasteiger partial charge in [0.2, 0.25) is 11.8 Å². The third kappa shape index (κ3) is 6.90. The topological polar surface area (TPSA) is 58.2 Å². The lowest BCUT2D eigenvalue weighted by Crippen LogP contribution is -2.29. The first-order valence-corrected chi connectivity index (χ1v) is 7.40. The van der Waals surface area contributed by atoms with Crippen LogP contribution in [-0.2, 0) is 15.8 Å². The predicted octanol–water partition coefficient (Wildman–Crippen LogP) is 3.85. The molecule has 1 aromatic rings. The van der Waals surface area contributed by atoms with Crippen LogP contribution >= 0.6 is 11.6 Å². The maximum Gasteiger partial charge on any atom is 0.418 e. The average molecular weight is 351 g/mol. The zero-order valence-corrected chi connectivity index (χ0v) is 13.5. The Balaban J connectivity index is 2.66. The fraction of sp³-hybridized carbons (Fsp3) is 0.467. The number of carbonyl (C=O) groups is 2. The van der Waals surface area contributed by atoms with Gasteiger partial charge in [0, 0.05) is 11.6 Å². The Labute approximate surface area is 137 Å². The minimum Gasteiger partial charge on any atom is -0.356 e. The van der Waals surface area contributed by atoms with E-state index in [0.717, 1.165) is 18.6 Å². The standard InChI is InChI=1S/C15H18ClF3N2O2/c1-9(2)5-6-20-13(22)8-14(23)21-12-4-3-10(16)7-11(12)15(17,18)19/h3-4,7,9H,5-6,8H2,1-2H3,(H,20,22)(H,21,23). The molecule has 8 heteroatoms. The summed E-state index contributed by atoms with van der Waals surface area (Å²) in [4.78, 5) is 23.3. The van der Waals surface area contributed by atoms with Crippen LogP contribution in [0.4, 0.5) is 18.9 Å². The SMILES string of the molecule is CC(C)CCNC(=O)CC(=O)Nc1ccc(Cl)cc1C(F)(F)F. The van der Waals surface area contributed by atoms with Crippen molar-refractivity contribution in [1.29, 1.82) is 0 Å². The first-order valence-electron chi connectivity index (χ1n) is 7.03. The zero-order valence-electron chi connectivity index (χ0n) is 12.8. The number of carbonyl (C=O) groups excluding carboxylic acids is 2. The highest BCUT2D eigenvalue weighted by atomic mass is 35.5. The van der Waals surface area contributed by atoms with Crippen LogP contribution in [0.2, 0.25) is 5.02 Å². The second-order valence-electron chi connectivity index (χ2n) is 5.45. The Kier molecular flexibility index (Phi) is 6.87. The molecule has 1 aromatic carbocycles. The van der Waals surface area contributed by atoms with E-state index in [4.69, 9.17) is 11.6 Å². The van der Waals surface area contributed by atoms with Crippen molar-refractivity contribution in [3.63, 3.8) is 0 Å². The Morgan fingerprint density at radius 1 is 1.22 bits per heavy atom. The number of alkyl halides is 3. The van der Waals surface area contributed by atoms with Crippen LogP contribution in [0.3, 0.4) is 0 Å². The Morgan fingerprint density at radius 2 is 1.87 bits per heavy atom. The summed E-state index contributed by atoms with van der Waals surface area (Å²) < 4.78 is 38.7. The van der Waals surface area contributed by atoms with Gasteiger partial charge in [0.05, 0.1) is 11.3 Å². The molecule has 0 aliphatic heterocycles. The van der Waals surface area contributed by atoms with Crippen molar-refractivity contribution >= 4 is 29.1 Å². The molecule has 0 heterocycles. The lowest BCUT2D eigenvalue weighted by molar-refractivity contribution is -0.137. The van der Waals surface area contributed by atoms with Crippen molar-refractivity contribution < 1.29 is 22.8 Å². The minimum atomic E-state index is -4.66. The van der Waals surface area contributed by atoms with Gasteiger partial charge < -0.3 is 10.6 Å². The molecule has 4 nitrogen and oxygen atoms in total. The van der Waals surface area contributed by atoms with E-state index in [2.05, 4.69) is 10.6 Å². The minimum absolute atomic E-state index is 0.0956. The maximum atomic E-state index is 12.9. The lowest BCUT2D eigenvalue weighted by Gasteiger charge is -2.14. The fourth-order valence-electron chi connectivity index (χ4n) is 1.76. The van der Waals surface area contributed by atoms with Gasteiger partial charge in [-0.1, -0.05) is 25.4 Å². The van der Waals surface area contributed by atoms with Gasteiger partial charge in [-0.2, -0.15) is 13.2 Å². The summed E-state index contributed by atoms with van der Waals surface area (Å²) in [5.41, 5.74) is -1.49. The number of anilines is 1. The van der Waals surface area contributed by atoms with E-state index in [0.29, 0.717) is 12.5 Å². The molecule has 0 fully saturated rings. The van der Waals surface area contributed by atoms with E-state index in [1.165, 1.54) is 6.07 Å². The van der Waals surface area contributed by atoms with E-state index in [9.17, 15) is 22.8 Å². The Bertz CT molecular complexity index is 574. The number of nitrogens with one attached hydrogen (secondary N) is 2. The summed E-state index contributed by atoms with van der Waals surface area (Å²) in [5, 5.41) is 4.54. The van der Waals surface area contributed by atoms with Crippen molar-refractivity contribution in [2.75, 3.05) is 11.9 Å².